The molecule has 1 amide bonds. The lowest BCUT2D eigenvalue weighted by atomic mass is 9.92. The van der Waals surface area contributed by atoms with Crippen LogP contribution in [0.5, 0.6) is 0 Å². The molecule has 0 aliphatic carbocycles. The van der Waals surface area contributed by atoms with E-state index >= 15 is 0 Å². The van der Waals surface area contributed by atoms with E-state index in [1.165, 1.54) is 48.2 Å². The van der Waals surface area contributed by atoms with Gasteiger partial charge in [-0.25, -0.2) is 0 Å². The predicted molar refractivity (Wildman–Crippen MR) is 308 cm³/mol. The summed E-state index contributed by atoms with van der Waals surface area (Å²) >= 11 is 0. The van der Waals surface area contributed by atoms with E-state index in [1.54, 1.807) is 0 Å². The molecule has 0 heterocycles. The highest BCUT2D eigenvalue weighted by molar-refractivity contribution is 7.80. The topological polar surface area (TPSA) is 41.1 Å². The van der Waals surface area contributed by atoms with Gasteiger partial charge in [0.15, 0.2) is 0 Å². The van der Waals surface area contributed by atoms with E-state index < -0.39 is 15.8 Å². The van der Waals surface area contributed by atoms with E-state index in [0.29, 0.717) is 0 Å². The van der Waals surface area contributed by atoms with Gasteiger partial charge in [0.05, 0.1) is 6.54 Å². The first-order valence-corrected chi connectivity index (χ1v) is 26.8. The summed E-state index contributed by atoms with van der Waals surface area (Å²) in [6, 6.07) is 95.8. The molecule has 0 bridgehead atoms. The molecule has 0 spiro atoms. The van der Waals surface area contributed by atoms with Crippen molar-refractivity contribution in [3.8, 4) is 22.3 Å². The molecule has 71 heavy (non-hydrogen) atoms. The van der Waals surface area contributed by atoms with Crippen LogP contribution in [0, 0.1) is 0 Å². The van der Waals surface area contributed by atoms with Crippen LogP contribution in [-0.2, 0) is 4.79 Å². The maximum Gasteiger partial charge on any atom is 0.243 e. The van der Waals surface area contributed by atoms with Gasteiger partial charge in [-0.1, -0.05) is 255 Å². The first kappa shape index (κ1) is 44.0. The molecule has 12 aromatic rings. The second-order valence-corrected chi connectivity index (χ2v) is 22.1. The number of carbonyl (C=O) groups is 1. The van der Waals surface area contributed by atoms with Crippen LogP contribution in [0.4, 0.5) is 11.4 Å². The van der Waals surface area contributed by atoms with E-state index in [0.717, 1.165) is 60.4 Å². The Morgan fingerprint density at radius 1 is 0.296 bits per heavy atom. The molecule has 5 heteroatoms. The third kappa shape index (κ3) is 8.55. The molecule has 0 saturated heterocycles. The number of nitrogens with one attached hydrogen (secondary N) is 2. The largest absolute Gasteiger partial charge is 0.376 e. The number of anilines is 2. The van der Waals surface area contributed by atoms with Crippen molar-refractivity contribution >= 4 is 108 Å². The number of hydrogen-bond donors (Lipinski definition) is 2. The summed E-state index contributed by atoms with van der Waals surface area (Å²) in [5.41, 5.74) is 6.09. The van der Waals surface area contributed by atoms with Crippen molar-refractivity contribution in [3.63, 3.8) is 0 Å². The minimum absolute atomic E-state index is 0.0486. The lowest BCUT2D eigenvalue weighted by Crippen LogP contribution is -2.25. The Bertz CT molecular complexity index is 3800. The fourth-order valence-electron chi connectivity index (χ4n) is 10.3. The van der Waals surface area contributed by atoms with E-state index in [2.05, 4.69) is 278 Å². The average molecular weight is 947 g/mol. The van der Waals surface area contributed by atoms with Crippen LogP contribution in [0.1, 0.15) is 0 Å². The number of fused-ring (bicyclic) bond motifs is 4. The maximum absolute atomic E-state index is 14.9. The van der Waals surface area contributed by atoms with Crippen molar-refractivity contribution in [1.29, 1.82) is 0 Å². The number of carbonyl (C=O) groups excluding carboxylic acids is 1. The van der Waals surface area contributed by atoms with E-state index in [9.17, 15) is 4.79 Å². The van der Waals surface area contributed by atoms with Crippen molar-refractivity contribution in [2.75, 3.05) is 17.2 Å². The molecule has 2 N–H and O–H groups in total. The molecule has 338 valence electrons. The van der Waals surface area contributed by atoms with Crippen LogP contribution < -0.4 is 42.5 Å². The van der Waals surface area contributed by atoms with Gasteiger partial charge < -0.3 is 10.6 Å². The van der Waals surface area contributed by atoms with Crippen LogP contribution in [0.25, 0.3) is 65.3 Å². The third-order valence-electron chi connectivity index (χ3n) is 13.4. The zero-order valence-electron chi connectivity index (χ0n) is 38.9. The second kappa shape index (κ2) is 19.7. The molecular formula is C66H48N2OP2. The van der Waals surface area contributed by atoms with Crippen LogP contribution in [0.15, 0.2) is 267 Å². The highest BCUT2D eigenvalue weighted by Crippen LogP contribution is 2.47. The Hall–Kier alpha value is -8.19. The third-order valence-corrected chi connectivity index (χ3v) is 18.4. The standard InChI is InChI=1S/C66H48N2OP2/c69-62(68-59-42-38-47-22-14-18-34-55(47)64(59)66-57-36-20-16-24-49(57)40-44-61(66)71(52-29-9-3-10-30-52)53-31-11-4-12-32-53)45-67-58-41-37-46-21-13-17-33-54(46)63(58)65-56-35-19-15-23-48(56)39-43-60(65)70(50-25-5-1-6-26-50)51-27-7-2-8-28-51/h1-44,67H,45H2,(H,68,69). The number of rotatable bonds is 12. The van der Waals surface area contributed by atoms with E-state index in [4.69, 9.17) is 0 Å². The monoisotopic (exact) mass is 946 g/mol. The lowest BCUT2D eigenvalue weighted by Gasteiger charge is -2.26. The molecule has 0 aromatic heterocycles. The lowest BCUT2D eigenvalue weighted by molar-refractivity contribution is -0.114. The fourth-order valence-corrected chi connectivity index (χ4v) is 15.2. The summed E-state index contributed by atoms with van der Waals surface area (Å²) < 4.78 is 0. The van der Waals surface area contributed by atoms with Gasteiger partial charge in [0, 0.05) is 33.6 Å². The molecule has 0 aliphatic heterocycles. The zero-order valence-corrected chi connectivity index (χ0v) is 40.7. The average Bonchev–Trinajstić information content (AvgIpc) is 3.44. The number of amides is 1. The highest BCUT2D eigenvalue weighted by atomic mass is 31.1. The van der Waals surface area contributed by atoms with Crippen LogP contribution in [0.3, 0.4) is 0 Å². The second-order valence-electron chi connectivity index (χ2n) is 17.7. The Labute approximate surface area is 417 Å². The SMILES string of the molecule is O=C(CNc1ccc2ccccc2c1-c1c(P(c2ccccc2)c2ccccc2)ccc2ccccc12)Nc1ccc2ccccc2c1-c1c(P(c2ccccc2)c2ccccc2)ccc2ccccc12. The van der Waals surface area contributed by atoms with Crippen molar-refractivity contribution < 1.29 is 4.79 Å². The van der Waals surface area contributed by atoms with Gasteiger partial charge in [-0.3, -0.25) is 4.79 Å². The molecule has 0 atom stereocenters. The van der Waals surface area contributed by atoms with E-state index in [1.807, 2.05) is 0 Å². The summed E-state index contributed by atoms with van der Waals surface area (Å²) in [6.45, 7) is 0.0486. The highest BCUT2D eigenvalue weighted by Gasteiger charge is 2.27. The quantitative estimate of drug-likeness (QED) is 0.120. The maximum atomic E-state index is 14.9. The summed E-state index contributed by atoms with van der Waals surface area (Å²) in [6.07, 6.45) is 0. The Kier molecular flexibility index (Phi) is 12.2. The summed E-state index contributed by atoms with van der Waals surface area (Å²) in [4.78, 5) is 14.9. The Morgan fingerprint density at radius 3 is 0.972 bits per heavy atom. The van der Waals surface area contributed by atoms with Crippen LogP contribution >= 0.6 is 15.8 Å². The van der Waals surface area contributed by atoms with Crippen LogP contribution in [-0.4, -0.2) is 12.5 Å². The molecule has 0 radical (unpaired) electrons. The zero-order chi connectivity index (χ0) is 47.5. The Morgan fingerprint density at radius 2 is 0.592 bits per heavy atom. The van der Waals surface area contributed by atoms with Crippen LogP contribution in [0.2, 0.25) is 0 Å². The molecule has 12 rings (SSSR count). The number of hydrogen-bond acceptors (Lipinski definition) is 2. The predicted octanol–water partition coefficient (Wildman–Crippen LogP) is 14.2. The van der Waals surface area contributed by atoms with Gasteiger partial charge >= 0.3 is 0 Å². The molecular weight excluding hydrogens is 899 g/mol. The molecule has 0 fully saturated rings. The minimum Gasteiger partial charge on any atom is -0.376 e. The van der Waals surface area contributed by atoms with Crippen molar-refractivity contribution in [1.82, 2.24) is 0 Å². The fraction of sp³-hybridized carbons (Fsp3) is 0.0152. The number of benzene rings is 12. The van der Waals surface area contributed by atoms with Gasteiger partial charge in [-0.2, -0.15) is 0 Å². The molecule has 12 aromatic carbocycles. The van der Waals surface area contributed by atoms with E-state index in [-0.39, 0.29) is 12.5 Å². The molecule has 0 aliphatic rings. The first-order valence-electron chi connectivity index (χ1n) is 24.1. The van der Waals surface area contributed by atoms with Crippen molar-refractivity contribution in [3.05, 3.63) is 267 Å². The summed E-state index contributed by atoms with van der Waals surface area (Å²) in [7, 11) is -1.99. The molecule has 0 saturated carbocycles. The summed E-state index contributed by atoms with van der Waals surface area (Å²) in [5.74, 6) is -0.134. The van der Waals surface area contributed by atoms with Gasteiger partial charge in [-0.15, -0.1) is 0 Å². The normalized spacial score (nSPS) is 11.5. The van der Waals surface area contributed by atoms with Crippen molar-refractivity contribution in [2.24, 2.45) is 0 Å². The molecule has 0 unspecified atom stereocenters. The summed E-state index contributed by atoms with van der Waals surface area (Å²) in [5, 5.41) is 23.9. The van der Waals surface area contributed by atoms with Gasteiger partial charge in [-0.05, 0) is 103 Å². The first-order chi connectivity index (χ1) is 35.2. The Balaban J connectivity index is 0.994. The van der Waals surface area contributed by atoms with Gasteiger partial charge in [0.1, 0.15) is 0 Å². The smallest absolute Gasteiger partial charge is 0.243 e. The van der Waals surface area contributed by atoms with Gasteiger partial charge in [0.2, 0.25) is 5.91 Å². The minimum atomic E-state index is -1.00. The van der Waals surface area contributed by atoms with Crippen molar-refractivity contribution in [2.45, 2.75) is 0 Å². The molecule has 3 nitrogen and oxygen atoms in total. The van der Waals surface area contributed by atoms with Gasteiger partial charge in [0.25, 0.3) is 0 Å².